The lowest BCUT2D eigenvalue weighted by Crippen LogP contribution is -2.15. The van der Waals surface area contributed by atoms with Gasteiger partial charge in [-0.3, -0.25) is 0 Å². The first-order valence-electron chi connectivity index (χ1n) is 5.61. The van der Waals surface area contributed by atoms with E-state index in [4.69, 9.17) is 17.3 Å². The maximum absolute atomic E-state index is 13.8. The van der Waals surface area contributed by atoms with Crippen molar-refractivity contribution in [3.63, 3.8) is 0 Å². The molecule has 0 spiro atoms. The summed E-state index contributed by atoms with van der Waals surface area (Å²) in [6.07, 6.45) is 0.524. The Morgan fingerprint density at radius 1 is 1.44 bits per heavy atom. The first-order valence-corrected chi connectivity index (χ1v) is 6.81. The van der Waals surface area contributed by atoms with Gasteiger partial charge in [-0.25, -0.2) is 9.37 Å². The Labute approximate surface area is 115 Å². The van der Waals surface area contributed by atoms with Crippen molar-refractivity contribution in [3.8, 4) is 0 Å². The van der Waals surface area contributed by atoms with E-state index in [1.54, 1.807) is 23.5 Å². The molecule has 2 nitrogen and oxygen atoms in total. The smallest absolute Gasteiger partial charge is 0.146 e. The van der Waals surface area contributed by atoms with Crippen molar-refractivity contribution in [2.24, 2.45) is 5.73 Å². The zero-order valence-corrected chi connectivity index (χ0v) is 11.8. The molecule has 2 N–H and O–H groups in total. The monoisotopic (exact) mass is 284 g/mol. The standard InChI is InChI=1S/C13H14ClFN2S/c1-7-8(2)18-12(17-7)6-11(16)9-4-3-5-10(14)13(9)15/h3-5,11H,6,16H2,1-2H3. The number of hydrogen-bond donors (Lipinski definition) is 1. The van der Waals surface area contributed by atoms with Gasteiger partial charge in [0.1, 0.15) is 5.82 Å². The molecule has 1 heterocycles. The van der Waals surface area contributed by atoms with E-state index < -0.39 is 11.9 Å². The molecule has 0 aliphatic heterocycles. The van der Waals surface area contributed by atoms with Crippen molar-refractivity contribution in [3.05, 3.63) is 50.2 Å². The van der Waals surface area contributed by atoms with Crippen LogP contribution in [0.25, 0.3) is 0 Å². The zero-order chi connectivity index (χ0) is 13.3. The van der Waals surface area contributed by atoms with Crippen molar-refractivity contribution in [2.45, 2.75) is 26.3 Å². The van der Waals surface area contributed by atoms with E-state index in [1.165, 1.54) is 10.9 Å². The number of halogens is 2. The van der Waals surface area contributed by atoms with E-state index in [9.17, 15) is 4.39 Å². The maximum atomic E-state index is 13.8. The van der Waals surface area contributed by atoms with Gasteiger partial charge in [-0.15, -0.1) is 11.3 Å². The topological polar surface area (TPSA) is 38.9 Å². The number of hydrogen-bond acceptors (Lipinski definition) is 3. The molecule has 96 valence electrons. The second-order valence-corrected chi connectivity index (χ2v) is 5.90. The molecule has 0 fully saturated rings. The molecule has 1 aromatic carbocycles. The molecule has 18 heavy (non-hydrogen) atoms. The molecule has 0 aliphatic rings. The Morgan fingerprint density at radius 2 is 2.17 bits per heavy atom. The summed E-state index contributed by atoms with van der Waals surface area (Å²) >= 11 is 7.35. The van der Waals surface area contributed by atoms with Gasteiger partial charge in [-0.2, -0.15) is 0 Å². The average molecular weight is 285 g/mol. The van der Waals surface area contributed by atoms with E-state index in [2.05, 4.69) is 4.98 Å². The van der Waals surface area contributed by atoms with Gasteiger partial charge in [0.2, 0.25) is 0 Å². The van der Waals surface area contributed by atoms with Gasteiger partial charge in [0.25, 0.3) is 0 Å². The zero-order valence-electron chi connectivity index (χ0n) is 10.2. The molecule has 5 heteroatoms. The second-order valence-electron chi connectivity index (χ2n) is 4.20. The SMILES string of the molecule is Cc1nc(CC(N)c2cccc(Cl)c2F)sc1C. The number of nitrogens with zero attached hydrogens (tertiary/aromatic N) is 1. The van der Waals surface area contributed by atoms with Crippen LogP contribution in [0.15, 0.2) is 18.2 Å². The molecule has 1 aromatic heterocycles. The Morgan fingerprint density at radius 3 is 2.78 bits per heavy atom. The van der Waals surface area contributed by atoms with Crippen LogP contribution in [0.5, 0.6) is 0 Å². The third-order valence-corrected chi connectivity index (χ3v) is 4.24. The predicted octanol–water partition coefficient (Wildman–Crippen LogP) is 3.79. The summed E-state index contributed by atoms with van der Waals surface area (Å²) in [5, 5.41) is 1.03. The largest absolute Gasteiger partial charge is 0.324 e. The minimum Gasteiger partial charge on any atom is -0.324 e. The van der Waals surface area contributed by atoms with Gasteiger partial charge < -0.3 is 5.73 Å². The van der Waals surface area contributed by atoms with Crippen LogP contribution in [0, 0.1) is 19.7 Å². The van der Waals surface area contributed by atoms with E-state index in [0.29, 0.717) is 12.0 Å². The lowest BCUT2D eigenvalue weighted by atomic mass is 10.0. The normalized spacial score (nSPS) is 12.7. The number of nitrogens with two attached hydrogens (primary N) is 1. The highest BCUT2D eigenvalue weighted by Crippen LogP contribution is 2.26. The van der Waals surface area contributed by atoms with Gasteiger partial charge in [-0.05, 0) is 19.9 Å². The summed E-state index contributed by atoms with van der Waals surface area (Å²) < 4.78 is 13.8. The Kier molecular flexibility index (Phi) is 4.00. The van der Waals surface area contributed by atoms with Crippen LogP contribution < -0.4 is 5.73 Å². The quantitative estimate of drug-likeness (QED) is 0.931. The molecule has 2 aromatic rings. The van der Waals surface area contributed by atoms with Crippen LogP contribution in [0.2, 0.25) is 5.02 Å². The van der Waals surface area contributed by atoms with Crippen LogP contribution in [0.1, 0.15) is 27.2 Å². The molecule has 2 rings (SSSR count). The fourth-order valence-corrected chi connectivity index (χ4v) is 2.91. The molecule has 1 atom stereocenters. The lowest BCUT2D eigenvalue weighted by Gasteiger charge is -2.12. The van der Waals surface area contributed by atoms with Crippen LogP contribution >= 0.6 is 22.9 Å². The fraction of sp³-hybridized carbons (Fsp3) is 0.308. The molecule has 0 saturated carbocycles. The van der Waals surface area contributed by atoms with Crippen molar-refractivity contribution in [1.82, 2.24) is 4.98 Å². The van der Waals surface area contributed by atoms with Crippen molar-refractivity contribution >= 4 is 22.9 Å². The number of rotatable bonds is 3. The first kappa shape index (κ1) is 13.5. The number of aromatic nitrogens is 1. The third kappa shape index (κ3) is 2.71. The first-order chi connectivity index (χ1) is 8.49. The van der Waals surface area contributed by atoms with Crippen LogP contribution in [0.4, 0.5) is 4.39 Å². The highest BCUT2D eigenvalue weighted by molar-refractivity contribution is 7.11. The minimum absolute atomic E-state index is 0.106. The van der Waals surface area contributed by atoms with Gasteiger partial charge >= 0.3 is 0 Å². The molecule has 0 aliphatic carbocycles. The van der Waals surface area contributed by atoms with Crippen molar-refractivity contribution in [2.75, 3.05) is 0 Å². The molecule has 0 bridgehead atoms. The number of thiazole rings is 1. The van der Waals surface area contributed by atoms with E-state index in [1.807, 2.05) is 13.8 Å². The highest BCUT2D eigenvalue weighted by Gasteiger charge is 2.16. The van der Waals surface area contributed by atoms with Crippen LogP contribution in [-0.4, -0.2) is 4.98 Å². The van der Waals surface area contributed by atoms with E-state index in [0.717, 1.165) is 10.7 Å². The molecule has 0 saturated heterocycles. The summed E-state index contributed by atoms with van der Waals surface area (Å²) in [6.45, 7) is 3.98. The maximum Gasteiger partial charge on any atom is 0.146 e. The minimum atomic E-state index is -0.434. The predicted molar refractivity (Wildman–Crippen MR) is 73.6 cm³/mol. The summed E-state index contributed by atoms with van der Waals surface area (Å²) in [5.41, 5.74) is 7.47. The molecular weight excluding hydrogens is 271 g/mol. The van der Waals surface area contributed by atoms with Crippen LogP contribution in [-0.2, 0) is 6.42 Å². The van der Waals surface area contributed by atoms with E-state index >= 15 is 0 Å². The van der Waals surface area contributed by atoms with E-state index in [-0.39, 0.29) is 5.02 Å². The Hall–Kier alpha value is -0.970. The Bertz CT molecular complexity index is 549. The third-order valence-electron chi connectivity index (χ3n) is 2.85. The van der Waals surface area contributed by atoms with Crippen molar-refractivity contribution in [1.29, 1.82) is 0 Å². The van der Waals surface area contributed by atoms with Gasteiger partial charge in [0, 0.05) is 22.9 Å². The summed E-state index contributed by atoms with van der Waals surface area (Å²) in [4.78, 5) is 5.58. The lowest BCUT2D eigenvalue weighted by molar-refractivity contribution is 0.580. The number of aryl methyl sites for hydroxylation is 2. The molecule has 0 radical (unpaired) electrons. The number of benzene rings is 1. The second kappa shape index (κ2) is 5.34. The molecule has 0 amide bonds. The highest BCUT2D eigenvalue weighted by atomic mass is 35.5. The Balaban J connectivity index is 2.21. The summed E-state index contributed by atoms with van der Waals surface area (Å²) in [5.74, 6) is -0.434. The average Bonchev–Trinajstić information content (AvgIpc) is 2.61. The molecule has 1 unspecified atom stereocenters. The van der Waals surface area contributed by atoms with Gasteiger partial charge in [-0.1, -0.05) is 23.7 Å². The van der Waals surface area contributed by atoms with Gasteiger partial charge in [0.05, 0.1) is 15.7 Å². The summed E-state index contributed by atoms with van der Waals surface area (Å²) in [7, 11) is 0. The summed E-state index contributed by atoms with van der Waals surface area (Å²) in [6, 6.07) is 4.47. The van der Waals surface area contributed by atoms with Gasteiger partial charge in [0.15, 0.2) is 0 Å². The van der Waals surface area contributed by atoms with Crippen LogP contribution in [0.3, 0.4) is 0 Å². The fourth-order valence-electron chi connectivity index (χ4n) is 1.73. The molecular formula is C13H14ClFN2S. The van der Waals surface area contributed by atoms with Crippen molar-refractivity contribution < 1.29 is 4.39 Å².